The number of carboxylic acids is 1. The highest BCUT2D eigenvalue weighted by Crippen LogP contribution is 2.22. The first-order valence-electron chi connectivity index (χ1n) is 4.18. The number of rotatable bonds is 2. The van der Waals surface area contributed by atoms with E-state index in [0.717, 1.165) is 0 Å². The standard InChI is InChI=1S/C10H12FNO2/c1-10(11)5-7(4-9(13)14)2-3-8(12)6-10/h2-3,5-6H,4,12H2,1H3,(H,13,14). The van der Waals surface area contributed by atoms with Crippen LogP contribution in [0.1, 0.15) is 13.3 Å². The first-order chi connectivity index (χ1) is 6.39. The first kappa shape index (κ1) is 10.5. The van der Waals surface area contributed by atoms with Crippen molar-refractivity contribution in [3.8, 4) is 0 Å². The van der Waals surface area contributed by atoms with Crippen molar-refractivity contribution in [3.05, 3.63) is 35.6 Å². The molecule has 0 saturated heterocycles. The summed E-state index contributed by atoms with van der Waals surface area (Å²) >= 11 is 0. The van der Waals surface area contributed by atoms with E-state index < -0.39 is 11.6 Å². The van der Waals surface area contributed by atoms with Gasteiger partial charge >= 0.3 is 5.97 Å². The van der Waals surface area contributed by atoms with E-state index in [-0.39, 0.29) is 6.42 Å². The van der Waals surface area contributed by atoms with E-state index in [0.29, 0.717) is 11.3 Å². The fraction of sp³-hybridized carbons (Fsp3) is 0.300. The lowest BCUT2D eigenvalue weighted by Gasteiger charge is -2.10. The van der Waals surface area contributed by atoms with Crippen molar-refractivity contribution in [3.63, 3.8) is 0 Å². The third-order valence-electron chi connectivity index (χ3n) is 1.76. The van der Waals surface area contributed by atoms with Crippen molar-refractivity contribution < 1.29 is 14.3 Å². The Morgan fingerprint density at radius 3 is 2.79 bits per heavy atom. The maximum atomic E-state index is 13.6. The molecule has 1 atom stereocenters. The van der Waals surface area contributed by atoms with Gasteiger partial charge in [0.15, 0.2) is 0 Å². The minimum absolute atomic E-state index is 0.197. The van der Waals surface area contributed by atoms with Crippen LogP contribution in [0.4, 0.5) is 4.39 Å². The van der Waals surface area contributed by atoms with Crippen LogP contribution in [0.5, 0.6) is 0 Å². The van der Waals surface area contributed by atoms with Crippen LogP contribution in [0.25, 0.3) is 0 Å². The van der Waals surface area contributed by atoms with E-state index in [1.54, 1.807) is 0 Å². The molecule has 0 aromatic heterocycles. The fourth-order valence-corrected chi connectivity index (χ4v) is 1.31. The molecule has 0 heterocycles. The molecule has 0 spiro atoms. The predicted molar refractivity (Wildman–Crippen MR) is 51.3 cm³/mol. The smallest absolute Gasteiger partial charge is 0.307 e. The lowest BCUT2D eigenvalue weighted by atomic mass is 10.0. The Kier molecular flexibility index (Phi) is 2.74. The molecular formula is C10H12FNO2. The van der Waals surface area contributed by atoms with Gasteiger partial charge in [-0.15, -0.1) is 0 Å². The van der Waals surface area contributed by atoms with E-state index in [1.165, 1.54) is 31.2 Å². The summed E-state index contributed by atoms with van der Waals surface area (Å²) in [4.78, 5) is 10.4. The molecule has 4 heteroatoms. The van der Waals surface area contributed by atoms with Crippen LogP contribution >= 0.6 is 0 Å². The van der Waals surface area contributed by atoms with Crippen LogP contribution in [-0.2, 0) is 4.79 Å². The van der Waals surface area contributed by atoms with Gasteiger partial charge in [-0.05, 0) is 30.7 Å². The summed E-state index contributed by atoms with van der Waals surface area (Å²) in [6.07, 6.45) is 5.33. The van der Waals surface area contributed by atoms with E-state index in [4.69, 9.17) is 10.8 Å². The van der Waals surface area contributed by atoms with Gasteiger partial charge in [-0.1, -0.05) is 6.08 Å². The summed E-state index contributed by atoms with van der Waals surface area (Å²) < 4.78 is 13.6. The van der Waals surface area contributed by atoms with Gasteiger partial charge in [0, 0.05) is 5.70 Å². The maximum absolute atomic E-state index is 13.6. The molecule has 0 aromatic rings. The highest BCUT2D eigenvalue weighted by Gasteiger charge is 2.20. The van der Waals surface area contributed by atoms with Crippen LogP contribution in [0.3, 0.4) is 0 Å². The summed E-state index contributed by atoms with van der Waals surface area (Å²) in [7, 11) is 0. The number of hydrogen-bond donors (Lipinski definition) is 2. The van der Waals surface area contributed by atoms with Crippen LogP contribution in [0, 0.1) is 0 Å². The fourth-order valence-electron chi connectivity index (χ4n) is 1.31. The highest BCUT2D eigenvalue weighted by atomic mass is 19.1. The Morgan fingerprint density at radius 1 is 1.57 bits per heavy atom. The van der Waals surface area contributed by atoms with Crippen molar-refractivity contribution in [2.24, 2.45) is 5.73 Å². The highest BCUT2D eigenvalue weighted by molar-refractivity contribution is 5.71. The Bertz CT molecular complexity index is 340. The van der Waals surface area contributed by atoms with Gasteiger partial charge in [0.2, 0.25) is 0 Å². The minimum Gasteiger partial charge on any atom is -0.481 e. The van der Waals surface area contributed by atoms with Crippen molar-refractivity contribution in [2.75, 3.05) is 0 Å². The molecule has 0 fully saturated rings. The lowest BCUT2D eigenvalue weighted by molar-refractivity contribution is -0.136. The van der Waals surface area contributed by atoms with Crippen LogP contribution in [0.15, 0.2) is 35.6 Å². The molecule has 0 aromatic carbocycles. The molecule has 0 bridgehead atoms. The molecule has 3 nitrogen and oxygen atoms in total. The second kappa shape index (κ2) is 3.65. The average Bonchev–Trinajstić information content (AvgIpc) is 2.07. The van der Waals surface area contributed by atoms with Crippen LogP contribution < -0.4 is 5.73 Å². The molecule has 0 aliphatic heterocycles. The summed E-state index contributed by atoms with van der Waals surface area (Å²) in [5.41, 5.74) is 4.49. The van der Waals surface area contributed by atoms with Crippen molar-refractivity contribution in [2.45, 2.75) is 19.0 Å². The quantitative estimate of drug-likeness (QED) is 0.705. The molecule has 1 rings (SSSR count). The third-order valence-corrected chi connectivity index (χ3v) is 1.76. The monoisotopic (exact) mass is 197 g/mol. The zero-order chi connectivity index (χ0) is 10.8. The molecular weight excluding hydrogens is 185 g/mol. The molecule has 0 radical (unpaired) electrons. The largest absolute Gasteiger partial charge is 0.481 e. The van der Waals surface area contributed by atoms with Gasteiger partial charge in [0.05, 0.1) is 6.42 Å². The summed E-state index contributed by atoms with van der Waals surface area (Å²) in [6.45, 7) is 1.33. The van der Waals surface area contributed by atoms with E-state index in [9.17, 15) is 9.18 Å². The normalized spacial score (nSPS) is 26.4. The summed E-state index contributed by atoms with van der Waals surface area (Å²) in [5, 5.41) is 8.55. The Hall–Kier alpha value is -1.58. The summed E-state index contributed by atoms with van der Waals surface area (Å²) in [5.74, 6) is -0.989. The van der Waals surface area contributed by atoms with Crippen molar-refractivity contribution in [1.29, 1.82) is 0 Å². The average molecular weight is 197 g/mol. The second-order valence-corrected chi connectivity index (χ2v) is 3.42. The van der Waals surface area contributed by atoms with Crippen LogP contribution in [-0.4, -0.2) is 16.7 Å². The molecule has 3 N–H and O–H groups in total. The molecule has 0 saturated carbocycles. The van der Waals surface area contributed by atoms with Gasteiger partial charge < -0.3 is 10.8 Å². The van der Waals surface area contributed by atoms with Gasteiger partial charge in [0.25, 0.3) is 0 Å². The zero-order valence-electron chi connectivity index (χ0n) is 7.83. The molecule has 1 aliphatic rings. The molecule has 1 aliphatic carbocycles. The van der Waals surface area contributed by atoms with Gasteiger partial charge in [-0.3, -0.25) is 4.79 Å². The van der Waals surface area contributed by atoms with Crippen LogP contribution in [0.2, 0.25) is 0 Å². The molecule has 76 valence electrons. The SMILES string of the molecule is CC1(F)C=C(N)C=CC(CC(=O)O)=C1. The lowest BCUT2D eigenvalue weighted by Crippen LogP contribution is -2.13. The van der Waals surface area contributed by atoms with E-state index in [2.05, 4.69) is 0 Å². The minimum atomic E-state index is -1.68. The zero-order valence-corrected chi connectivity index (χ0v) is 7.83. The number of allylic oxidation sites excluding steroid dienone is 4. The maximum Gasteiger partial charge on any atom is 0.307 e. The molecule has 0 amide bonds. The van der Waals surface area contributed by atoms with Crippen molar-refractivity contribution >= 4 is 5.97 Å². The first-order valence-corrected chi connectivity index (χ1v) is 4.18. The van der Waals surface area contributed by atoms with Crippen molar-refractivity contribution in [1.82, 2.24) is 0 Å². The van der Waals surface area contributed by atoms with E-state index in [1.807, 2.05) is 0 Å². The molecule has 1 unspecified atom stereocenters. The second-order valence-electron chi connectivity index (χ2n) is 3.42. The number of nitrogens with two attached hydrogens (primary N) is 1. The van der Waals surface area contributed by atoms with Gasteiger partial charge in [-0.25, -0.2) is 4.39 Å². The topological polar surface area (TPSA) is 63.3 Å². The number of alkyl halides is 1. The number of aliphatic carboxylic acids is 1. The Morgan fingerprint density at radius 2 is 2.21 bits per heavy atom. The Labute approximate surface area is 81.4 Å². The number of carboxylic acid groups (broad SMARTS) is 1. The summed E-state index contributed by atoms with van der Waals surface area (Å²) in [6, 6.07) is 0. The molecule has 14 heavy (non-hydrogen) atoms. The third kappa shape index (κ3) is 3.05. The van der Waals surface area contributed by atoms with Gasteiger partial charge in [0.1, 0.15) is 5.67 Å². The predicted octanol–water partition coefficient (Wildman–Crippen LogP) is 1.53. The van der Waals surface area contributed by atoms with E-state index >= 15 is 0 Å². The number of carbonyl (C=O) groups is 1. The number of hydrogen-bond acceptors (Lipinski definition) is 2. The number of halogens is 1. The Balaban J connectivity index is 2.94. The van der Waals surface area contributed by atoms with Gasteiger partial charge in [-0.2, -0.15) is 0 Å².